The molecular formula is C21H17N5O6S. The summed E-state index contributed by atoms with van der Waals surface area (Å²) in [7, 11) is 0. The molecule has 0 spiro atoms. The number of hydrogen-bond acceptors (Lipinski definition) is 8. The molecule has 0 aliphatic heterocycles. The second-order valence-corrected chi connectivity index (χ2v) is 7.85. The highest BCUT2D eigenvalue weighted by Crippen LogP contribution is 2.20. The highest BCUT2D eigenvalue weighted by atomic mass is 32.1. The van der Waals surface area contributed by atoms with Crippen LogP contribution in [0.2, 0.25) is 0 Å². The zero-order chi connectivity index (χ0) is 23.5. The Bertz CT molecular complexity index is 1470. The monoisotopic (exact) mass is 467 g/mol. The van der Waals surface area contributed by atoms with Crippen molar-refractivity contribution in [3.63, 3.8) is 0 Å². The molecule has 0 fully saturated rings. The van der Waals surface area contributed by atoms with Crippen molar-refractivity contribution in [1.82, 2.24) is 25.3 Å². The van der Waals surface area contributed by atoms with Gasteiger partial charge in [0.15, 0.2) is 5.75 Å². The van der Waals surface area contributed by atoms with Gasteiger partial charge in [0.05, 0.1) is 23.5 Å². The van der Waals surface area contributed by atoms with Gasteiger partial charge in [-0.15, -0.1) is 11.3 Å². The first-order valence-electron chi connectivity index (χ1n) is 9.57. The van der Waals surface area contributed by atoms with E-state index in [1.54, 1.807) is 29.6 Å². The summed E-state index contributed by atoms with van der Waals surface area (Å²) in [6.45, 7) is 0.350. The van der Waals surface area contributed by atoms with E-state index in [4.69, 9.17) is 0 Å². The Morgan fingerprint density at radius 3 is 2.36 bits per heavy atom. The lowest BCUT2D eigenvalue weighted by Crippen LogP contribution is -2.27. The zero-order valence-corrected chi connectivity index (χ0v) is 17.7. The van der Waals surface area contributed by atoms with E-state index in [1.165, 1.54) is 17.7 Å². The fraction of sp³-hybridized carbons (Fsp3) is 0.0952. The van der Waals surface area contributed by atoms with Gasteiger partial charge < -0.3 is 25.9 Å². The Morgan fingerprint density at radius 2 is 1.70 bits per heavy atom. The first-order valence-corrected chi connectivity index (χ1v) is 10.5. The van der Waals surface area contributed by atoms with E-state index in [9.17, 15) is 29.5 Å². The summed E-state index contributed by atoms with van der Waals surface area (Å²) in [4.78, 5) is 55.1. The minimum atomic E-state index is -0.784. The van der Waals surface area contributed by atoms with E-state index in [0.29, 0.717) is 9.56 Å². The van der Waals surface area contributed by atoms with Crippen LogP contribution in [0, 0.1) is 0 Å². The molecule has 1 aromatic carbocycles. The van der Waals surface area contributed by atoms with Crippen LogP contribution in [0.4, 0.5) is 0 Å². The number of aromatic amines is 1. The van der Waals surface area contributed by atoms with Gasteiger partial charge in [-0.3, -0.25) is 19.2 Å². The summed E-state index contributed by atoms with van der Waals surface area (Å²) in [6, 6.07) is 7.87. The molecule has 168 valence electrons. The predicted molar refractivity (Wildman–Crippen MR) is 119 cm³/mol. The van der Waals surface area contributed by atoms with Crippen LogP contribution in [0.25, 0.3) is 10.2 Å². The van der Waals surface area contributed by atoms with Gasteiger partial charge in [0.1, 0.15) is 10.5 Å². The van der Waals surface area contributed by atoms with E-state index in [1.807, 2.05) is 0 Å². The van der Waals surface area contributed by atoms with Crippen molar-refractivity contribution in [3.05, 3.63) is 91.2 Å². The summed E-state index contributed by atoms with van der Waals surface area (Å²) >= 11 is 1.22. The van der Waals surface area contributed by atoms with Crippen LogP contribution in [0.3, 0.4) is 0 Å². The number of pyridine rings is 1. The van der Waals surface area contributed by atoms with Gasteiger partial charge in [-0.1, -0.05) is 24.3 Å². The second kappa shape index (κ2) is 8.96. The maximum atomic E-state index is 12.5. The van der Waals surface area contributed by atoms with Crippen LogP contribution >= 0.6 is 11.3 Å². The average molecular weight is 467 g/mol. The van der Waals surface area contributed by atoms with Gasteiger partial charge in [-0.05, 0) is 11.1 Å². The van der Waals surface area contributed by atoms with Gasteiger partial charge in [0, 0.05) is 24.5 Å². The standard InChI is InChI=1S/C21H17N5O6S/c27-15-5-14(26(32)8-16(15)28)19(30)23-7-12-3-1-11(2-4-12)6-22-18(29)13-9-33-21-17(13)20(31)24-10-25-21/h1-5,8-10,28,32H,6-7H2,(H,22,29)(H,23,30)(H,24,25,31). The molecule has 0 aliphatic carbocycles. The molecule has 3 heterocycles. The fourth-order valence-corrected chi connectivity index (χ4v) is 3.95. The Labute approximate surface area is 188 Å². The van der Waals surface area contributed by atoms with Crippen molar-refractivity contribution >= 4 is 33.4 Å². The van der Waals surface area contributed by atoms with E-state index >= 15 is 0 Å². The van der Waals surface area contributed by atoms with Crippen molar-refractivity contribution in [2.24, 2.45) is 0 Å². The van der Waals surface area contributed by atoms with Gasteiger partial charge in [-0.2, -0.15) is 4.73 Å². The number of rotatable bonds is 6. The van der Waals surface area contributed by atoms with Crippen LogP contribution in [-0.2, 0) is 13.1 Å². The SMILES string of the molecule is O=C(NCc1ccc(CNC(=O)c2cc(=O)c(O)cn2O)cc1)c1csc2nc[nH]c(=O)c12. The number of carbonyl (C=O) groups excluding carboxylic acids is 2. The van der Waals surface area contributed by atoms with E-state index in [2.05, 4.69) is 20.6 Å². The molecule has 33 heavy (non-hydrogen) atoms. The number of carbonyl (C=O) groups is 2. The van der Waals surface area contributed by atoms with E-state index in [0.717, 1.165) is 23.4 Å². The van der Waals surface area contributed by atoms with Gasteiger partial charge in [0.25, 0.3) is 17.4 Å². The third-order valence-electron chi connectivity index (χ3n) is 4.79. The van der Waals surface area contributed by atoms with E-state index in [-0.39, 0.29) is 41.2 Å². The first-order chi connectivity index (χ1) is 15.8. The molecule has 5 N–H and O–H groups in total. The van der Waals surface area contributed by atoms with Gasteiger partial charge >= 0.3 is 0 Å². The van der Waals surface area contributed by atoms with Crippen molar-refractivity contribution in [2.45, 2.75) is 13.1 Å². The lowest BCUT2D eigenvalue weighted by Gasteiger charge is -2.09. The maximum absolute atomic E-state index is 12.5. The fourth-order valence-electron chi connectivity index (χ4n) is 3.06. The summed E-state index contributed by atoms with van der Waals surface area (Å²) in [5.74, 6) is -1.76. The third kappa shape index (κ3) is 4.60. The number of aromatic nitrogens is 3. The van der Waals surface area contributed by atoms with Crippen LogP contribution < -0.4 is 21.6 Å². The van der Waals surface area contributed by atoms with Crippen LogP contribution in [-0.4, -0.2) is 36.8 Å². The number of thiophene rings is 1. The largest absolute Gasteiger partial charge is 0.503 e. The topological polar surface area (TPSA) is 166 Å². The zero-order valence-electron chi connectivity index (χ0n) is 16.9. The number of amides is 2. The molecule has 4 aromatic rings. The predicted octanol–water partition coefficient (Wildman–Crippen LogP) is 0.949. The van der Waals surface area contributed by atoms with Crippen LogP contribution in [0.15, 0.2) is 57.8 Å². The molecule has 12 heteroatoms. The molecule has 0 unspecified atom stereocenters. The Kier molecular flexibility index (Phi) is 5.91. The Morgan fingerprint density at radius 1 is 1.06 bits per heavy atom. The van der Waals surface area contributed by atoms with Gasteiger partial charge in [-0.25, -0.2) is 4.98 Å². The Balaban J connectivity index is 1.35. The maximum Gasteiger partial charge on any atom is 0.271 e. The number of benzene rings is 1. The lowest BCUT2D eigenvalue weighted by atomic mass is 10.1. The van der Waals surface area contributed by atoms with Crippen molar-refractivity contribution in [3.8, 4) is 5.75 Å². The number of nitrogens with one attached hydrogen (secondary N) is 3. The molecule has 11 nitrogen and oxygen atoms in total. The molecule has 0 saturated heterocycles. The van der Waals surface area contributed by atoms with Crippen LogP contribution in [0.1, 0.15) is 32.0 Å². The summed E-state index contributed by atoms with van der Waals surface area (Å²) in [5, 5.41) is 26.1. The molecule has 0 atom stereocenters. The highest BCUT2D eigenvalue weighted by molar-refractivity contribution is 7.17. The van der Waals surface area contributed by atoms with E-state index < -0.39 is 17.1 Å². The molecule has 0 aliphatic rings. The summed E-state index contributed by atoms with van der Waals surface area (Å²) < 4.78 is 0.373. The number of fused-ring (bicyclic) bond motifs is 1. The quantitative estimate of drug-likeness (QED) is 0.263. The smallest absolute Gasteiger partial charge is 0.271 e. The third-order valence-corrected chi connectivity index (χ3v) is 5.68. The average Bonchev–Trinajstić information content (AvgIpc) is 3.24. The highest BCUT2D eigenvalue weighted by Gasteiger charge is 2.16. The molecule has 2 amide bonds. The minimum absolute atomic E-state index is 0.122. The molecule has 4 rings (SSSR count). The molecule has 0 saturated carbocycles. The summed E-state index contributed by atoms with van der Waals surface area (Å²) in [6.07, 6.45) is 2.03. The van der Waals surface area contributed by atoms with Crippen molar-refractivity contribution < 1.29 is 19.9 Å². The van der Waals surface area contributed by atoms with Crippen molar-refractivity contribution in [2.75, 3.05) is 0 Å². The molecular weight excluding hydrogens is 450 g/mol. The van der Waals surface area contributed by atoms with Crippen LogP contribution in [0.5, 0.6) is 5.75 Å². The number of hydrogen-bond donors (Lipinski definition) is 5. The molecule has 0 bridgehead atoms. The molecule has 3 aromatic heterocycles. The number of H-pyrrole nitrogens is 1. The second-order valence-electron chi connectivity index (χ2n) is 7.00. The summed E-state index contributed by atoms with van der Waals surface area (Å²) in [5.41, 5.74) is 0.335. The lowest BCUT2D eigenvalue weighted by molar-refractivity contribution is 0.0892. The van der Waals surface area contributed by atoms with Crippen molar-refractivity contribution in [1.29, 1.82) is 0 Å². The molecule has 0 radical (unpaired) electrons. The normalized spacial score (nSPS) is 10.8. The van der Waals surface area contributed by atoms with Gasteiger partial charge in [0.2, 0.25) is 5.43 Å². The Hall–Kier alpha value is -4.45. The number of aromatic hydroxyl groups is 1. The first kappa shape index (κ1) is 21.8. The minimum Gasteiger partial charge on any atom is -0.503 e. The number of nitrogens with zero attached hydrogens (tertiary/aromatic N) is 2.